The molecule has 0 radical (unpaired) electrons. The van der Waals surface area contributed by atoms with Crippen molar-refractivity contribution in [3.05, 3.63) is 29.3 Å². The molecule has 1 heterocycles. The van der Waals surface area contributed by atoms with E-state index in [9.17, 15) is 13.2 Å². The maximum Gasteiger partial charge on any atom is 0.179 e. The number of benzene rings is 1. The Bertz CT molecular complexity index is 616. The SMILES string of the molecule is CCCS(=O)(=O)c1ccc(C)cc1C(=O)C1CCCNC1. The Balaban J connectivity index is 2.41. The minimum atomic E-state index is -3.38. The summed E-state index contributed by atoms with van der Waals surface area (Å²) in [6.07, 6.45) is 2.33. The molecule has 1 atom stereocenters. The fourth-order valence-electron chi connectivity index (χ4n) is 2.78. The van der Waals surface area contributed by atoms with Crippen molar-refractivity contribution in [2.45, 2.75) is 38.0 Å². The first kappa shape index (κ1) is 16.2. The van der Waals surface area contributed by atoms with Crippen LogP contribution in [-0.4, -0.2) is 33.0 Å². The molecule has 0 saturated carbocycles. The van der Waals surface area contributed by atoms with E-state index in [4.69, 9.17) is 0 Å². The lowest BCUT2D eigenvalue weighted by atomic mass is 9.90. The molecule has 1 unspecified atom stereocenters. The van der Waals surface area contributed by atoms with Crippen LogP contribution in [0, 0.1) is 12.8 Å². The third-order valence-electron chi connectivity index (χ3n) is 3.88. The number of ketones is 1. The van der Waals surface area contributed by atoms with Crippen LogP contribution in [0.3, 0.4) is 0 Å². The van der Waals surface area contributed by atoms with Gasteiger partial charge in [-0.25, -0.2) is 8.42 Å². The van der Waals surface area contributed by atoms with Gasteiger partial charge in [-0.1, -0.05) is 18.6 Å². The second-order valence-corrected chi connectivity index (χ2v) is 7.80. The molecule has 1 fully saturated rings. The van der Waals surface area contributed by atoms with E-state index in [-0.39, 0.29) is 22.3 Å². The van der Waals surface area contributed by atoms with Crippen LogP contribution in [0.4, 0.5) is 0 Å². The lowest BCUT2D eigenvalue weighted by molar-refractivity contribution is 0.0896. The Morgan fingerprint density at radius 1 is 1.38 bits per heavy atom. The van der Waals surface area contributed by atoms with Gasteiger partial charge in [0.25, 0.3) is 0 Å². The van der Waals surface area contributed by atoms with Gasteiger partial charge in [-0.05, 0) is 44.9 Å². The number of hydrogen-bond acceptors (Lipinski definition) is 4. The number of carbonyl (C=O) groups is 1. The Hall–Kier alpha value is -1.20. The molecule has 2 rings (SSSR count). The average molecular weight is 309 g/mol. The van der Waals surface area contributed by atoms with Gasteiger partial charge in [-0.15, -0.1) is 0 Å². The maximum absolute atomic E-state index is 12.7. The zero-order chi connectivity index (χ0) is 15.5. The van der Waals surface area contributed by atoms with Gasteiger partial charge in [0, 0.05) is 18.0 Å². The number of carbonyl (C=O) groups excluding carboxylic acids is 1. The van der Waals surface area contributed by atoms with Crippen LogP contribution in [0.5, 0.6) is 0 Å². The first-order valence-corrected chi connectivity index (χ1v) is 9.19. The fraction of sp³-hybridized carbons (Fsp3) is 0.562. The Morgan fingerprint density at radius 3 is 2.76 bits per heavy atom. The van der Waals surface area contributed by atoms with Crippen LogP contribution >= 0.6 is 0 Å². The predicted octanol–water partition coefficient (Wildman–Crippen LogP) is 2.36. The minimum Gasteiger partial charge on any atom is -0.316 e. The lowest BCUT2D eigenvalue weighted by Gasteiger charge is -2.22. The molecule has 1 saturated heterocycles. The Kier molecular flexibility index (Phi) is 5.17. The fourth-order valence-corrected chi connectivity index (χ4v) is 4.31. The summed E-state index contributed by atoms with van der Waals surface area (Å²) in [4.78, 5) is 12.9. The molecule has 1 aliphatic heterocycles. The molecule has 5 heteroatoms. The van der Waals surface area contributed by atoms with E-state index in [1.54, 1.807) is 18.2 Å². The van der Waals surface area contributed by atoms with Crippen molar-refractivity contribution in [1.82, 2.24) is 5.32 Å². The quantitative estimate of drug-likeness (QED) is 0.848. The monoisotopic (exact) mass is 309 g/mol. The van der Waals surface area contributed by atoms with E-state index < -0.39 is 9.84 Å². The average Bonchev–Trinajstić information content (AvgIpc) is 2.47. The summed E-state index contributed by atoms with van der Waals surface area (Å²) in [6.45, 7) is 5.28. The third-order valence-corrected chi connectivity index (χ3v) is 5.85. The van der Waals surface area contributed by atoms with Crippen LogP contribution < -0.4 is 5.32 Å². The van der Waals surface area contributed by atoms with E-state index in [0.29, 0.717) is 18.5 Å². The van der Waals surface area contributed by atoms with Crippen molar-refractivity contribution in [1.29, 1.82) is 0 Å². The van der Waals surface area contributed by atoms with E-state index in [1.165, 1.54) is 0 Å². The summed E-state index contributed by atoms with van der Waals surface area (Å²) < 4.78 is 24.8. The van der Waals surface area contributed by atoms with Crippen molar-refractivity contribution < 1.29 is 13.2 Å². The van der Waals surface area contributed by atoms with Crippen molar-refractivity contribution in [2.24, 2.45) is 5.92 Å². The largest absolute Gasteiger partial charge is 0.316 e. The van der Waals surface area contributed by atoms with E-state index in [2.05, 4.69) is 5.32 Å². The van der Waals surface area contributed by atoms with Gasteiger partial charge in [0.05, 0.1) is 10.6 Å². The second kappa shape index (κ2) is 6.71. The second-order valence-electron chi connectivity index (χ2n) is 5.73. The van der Waals surface area contributed by atoms with Gasteiger partial charge in [-0.2, -0.15) is 0 Å². The minimum absolute atomic E-state index is 0.0411. The number of Topliss-reactive ketones (excluding diaryl/α,β-unsaturated/α-hetero) is 1. The Morgan fingerprint density at radius 2 is 2.14 bits per heavy atom. The highest BCUT2D eigenvalue weighted by molar-refractivity contribution is 7.91. The van der Waals surface area contributed by atoms with Crippen molar-refractivity contribution in [3.63, 3.8) is 0 Å². The topological polar surface area (TPSA) is 63.2 Å². The van der Waals surface area contributed by atoms with Gasteiger partial charge in [-0.3, -0.25) is 4.79 Å². The van der Waals surface area contributed by atoms with Crippen LogP contribution in [0.25, 0.3) is 0 Å². The molecular weight excluding hydrogens is 286 g/mol. The highest BCUT2D eigenvalue weighted by atomic mass is 32.2. The number of nitrogens with one attached hydrogen (secondary N) is 1. The highest BCUT2D eigenvalue weighted by Gasteiger charge is 2.28. The summed E-state index contributed by atoms with van der Waals surface area (Å²) in [5.74, 6) is -0.0732. The molecule has 1 N–H and O–H groups in total. The zero-order valence-electron chi connectivity index (χ0n) is 12.7. The van der Waals surface area contributed by atoms with Gasteiger partial charge < -0.3 is 5.32 Å². The molecule has 4 nitrogen and oxygen atoms in total. The van der Waals surface area contributed by atoms with Gasteiger partial charge in [0.15, 0.2) is 15.6 Å². The standard InChI is InChI=1S/C16H23NO3S/c1-3-9-21(19,20)15-7-6-12(2)10-14(15)16(18)13-5-4-8-17-11-13/h6-7,10,13,17H,3-5,8-9,11H2,1-2H3. The molecule has 0 aliphatic carbocycles. The number of rotatable bonds is 5. The molecule has 1 aliphatic rings. The van der Waals surface area contributed by atoms with Crippen LogP contribution in [0.1, 0.15) is 42.1 Å². The molecule has 1 aromatic rings. The summed E-state index contributed by atoms with van der Waals surface area (Å²) in [7, 11) is -3.38. The lowest BCUT2D eigenvalue weighted by Crippen LogP contribution is -2.35. The van der Waals surface area contributed by atoms with Gasteiger partial charge in [0.2, 0.25) is 0 Å². The van der Waals surface area contributed by atoms with Gasteiger partial charge >= 0.3 is 0 Å². The Labute approximate surface area is 126 Å². The highest BCUT2D eigenvalue weighted by Crippen LogP contribution is 2.25. The number of piperidine rings is 1. The molecule has 0 bridgehead atoms. The van der Waals surface area contributed by atoms with Crippen LogP contribution in [0.15, 0.2) is 23.1 Å². The summed E-state index contributed by atoms with van der Waals surface area (Å²) in [6, 6.07) is 5.07. The van der Waals surface area contributed by atoms with Crippen LogP contribution in [0.2, 0.25) is 0 Å². The van der Waals surface area contributed by atoms with Crippen LogP contribution in [-0.2, 0) is 9.84 Å². The maximum atomic E-state index is 12.7. The number of aryl methyl sites for hydroxylation is 1. The number of sulfone groups is 1. The zero-order valence-corrected chi connectivity index (χ0v) is 13.5. The molecular formula is C16H23NO3S. The van der Waals surface area contributed by atoms with Crippen molar-refractivity contribution in [2.75, 3.05) is 18.8 Å². The van der Waals surface area contributed by atoms with E-state index >= 15 is 0 Å². The van der Waals surface area contributed by atoms with E-state index in [1.807, 2.05) is 13.8 Å². The summed E-state index contributed by atoms with van der Waals surface area (Å²) in [5, 5.41) is 3.21. The third kappa shape index (κ3) is 3.71. The van der Waals surface area contributed by atoms with Crippen molar-refractivity contribution in [3.8, 4) is 0 Å². The van der Waals surface area contributed by atoms with Gasteiger partial charge in [0.1, 0.15) is 0 Å². The molecule has 0 aromatic heterocycles. The molecule has 0 amide bonds. The molecule has 116 valence electrons. The summed E-state index contributed by atoms with van der Waals surface area (Å²) in [5.41, 5.74) is 1.29. The number of hydrogen-bond donors (Lipinski definition) is 1. The predicted molar refractivity (Wildman–Crippen MR) is 83.4 cm³/mol. The summed E-state index contributed by atoms with van der Waals surface area (Å²) >= 11 is 0. The molecule has 21 heavy (non-hydrogen) atoms. The molecule has 1 aromatic carbocycles. The van der Waals surface area contributed by atoms with E-state index in [0.717, 1.165) is 24.9 Å². The van der Waals surface area contributed by atoms with Crippen molar-refractivity contribution >= 4 is 15.6 Å². The first-order valence-electron chi connectivity index (χ1n) is 7.54. The smallest absolute Gasteiger partial charge is 0.179 e. The molecule has 0 spiro atoms. The first-order chi connectivity index (χ1) is 9.95. The normalized spacial score (nSPS) is 19.4.